The van der Waals surface area contributed by atoms with E-state index in [0.29, 0.717) is 23.1 Å². The number of benzene rings is 2. The van der Waals surface area contributed by atoms with Gasteiger partial charge in [0.05, 0.1) is 12.6 Å². The van der Waals surface area contributed by atoms with E-state index in [1.165, 1.54) is 0 Å². The summed E-state index contributed by atoms with van der Waals surface area (Å²) in [7, 11) is 0. The van der Waals surface area contributed by atoms with E-state index >= 15 is 0 Å². The van der Waals surface area contributed by atoms with Gasteiger partial charge in [0.15, 0.2) is 0 Å². The number of hydrogen-bond donors (Lipinski definition) is 2. The molecule has 0 bridgehead atoms. The van der Waals surface area contributed by atoms with Crippen LogP contribution >= 0.6 is 11.6 Å². The van der Waals surface area contributed by atoms with Crippen molar-refractivity contribution >= 4 is 29.2 Å². The van der Waals surface area contributed by atoms with Gasteiger partial charge in [-0.3, -0.25) is 10.1 Å². The quantitative estimate of drug-likeness (QED) is 0.596. The molecule has 0 saturated carbocycles. The number of anilines is 1. The second-order valence-corrected chi connectivity index (χ2v) is 6.86. The first-order valence-electron chi connectivity index (χ1n) is 9.23. The molecule has 0 spiro atoms. The lowest BCUT2D eigenvalue weighted by Gasteiger charge is -2.15. The van der Waals surface area contributed by atoms with Crippen LogP contribution in [0.1, 0.15) is 35.7 Å². The maximum absolute atomic E-state index is 12.6. The number of guanidine groups is 1. The summed E-state index contributed by atoms with van der Waals surface area (Å²) in [6.07, 6.45) is 3.04. The lowest BCUT2D eigenvalue weighted by atomic mass is 10.1. The first-order valence-corrected chi connectivity index (χ1v) is 9.61. The van der Waals surface area contributed by atoms with E-state index in [-0.39, 0.29) is 12.0 Å². The number of hydrogen-bond acceptors (Lipinski definition) is 3. The maximum Gasteiger partial charge on any atom is 0.257 e. The van der Waals surface area contributed by atoms with E-state index < -0.39 is 0 Å². The Balaban J connectivity index is 1.77. The normalized spacial score (nSPS) is 17.0. The van der Waals surface area contributed by atoms with Crippen LogP contribution in [-0.2, 0) is 11.2 Å². The Hall–Kier alpha value is -2.37. The number of amides is 1. The van der Waals surface area contributed by atoms with Crippen LogP contribution in [0, 0.1) is 0 Å². The Bertz CT molecular complexity index is 799. The molecule has 0 aliphatic carbocycles. The molecule has 1 aliphatic rings. The summed E-state index contributed by atoms with van der Waals surface area (Å²) in [4.78, 5) is 17.2. The fraction of sp³-hybridized carbons (Fsp3) is 0.333. The highest BCUT2D eigenvalue weighted by Crippen LogP contribution is 2.16. The van der Waals surface area contributed by atoms with E-state index in [0.717, 1.165) is 37.1 Å². The molecule has 2 N–H and O–H groups in total. The molecule has 1 saturated heterocycles. The SMILES string of the molecule is CCc1ccccc1NC(=NC[C@@H]1CCCO1)NC(=O)c1ccc(Cl)cc1. The summed E-state index contributed by atoms with van der Waals surface area (Å²) in [5, 5.41) is 6.74. The number of nitrogens with one attached hydrogen (secondary N) is 2. The highest BCUT2D eigenvalue weighted by atomic mass is 35.5. The number of para-hydroxylation sites is 1. The molecule has 2 aromatic rings. The number of aryl methyl sites for hydroxylation is 1. The lowest BCUT2D eigenvalue weighted by Crippen LogP contribution is -2.37. The molecule has 0 aromatic heterocycles. The van der Waals surface area contributed by atoms with Crippen molar-refractivity contribution in [2.75, 3.05) is 18.5 Å². The van der Waals surface area contributed by atoms with Crippen molar-refractivity contribution < 1.29 is 9.53 Å². The van der Waals surface area contributed by atoms with Gasteiger partial charge in [-0.1, -0.05) is 36.7 Å². The van der Waals surface area contributed by atoms with Gasteiger partial charge in [-0.25, -0.2) is 4.99 Å². The Morgan fingerprint density at radius 2 is 2.00 bits per heavy atom. The third-order valence-electron chi connectivity index (χ3n) is 4.47. The lowest BCUT2D eigenvalue weighted by molar-refractivity contribution is 0.0975. The molecule has 1 heterocycles. The number of halogens is 1. The van der Waals surface area contributed by atoms with Gasteiger partial charge < -0.3 is 10.1 Å². The molecule has 3 rings (SSSR count). The number of aliphatic imine (C=N–C) groups is 1. The van der Waals surface area contributed by atoms with Crippen molar-refractivity contribution in [3.8, 4) is 0 Å². The smallest absolute Gasteiger partial charge is 0.257 e. The van der Waals surface area contributed by atoms with Gasteiger partial charge in [0.1, 0.15) is 0 Å². The van der Waals surface area contributed by atoms with Gasteiger partial charge in [0.2, 0.25) is 5.96 Å². The predicted molar refractivity (Wildman–Crippen MR) is 110 cm³/mol. The van der Waals surface area contributed by atoms with Gasteiger partial charge in [-0.05, 0) is 55.2 Å². The molecule has 5 nitrogen and oxygen atoms in total. The summed E-state index contributed by atoms with van der Waals surface area (Å²) < 4.78 is 5.64. The van der Waals surface area contributed by atoms with Crippen molar-refractivity contribution in [1.29, 1.82) is 0 Å². The van der Waals surface area contributed by atoms with E-state index in [1.807, 2.05) is 18.2 Å². The van der Waals surface area contributed by atoms with Crippen LogP contribution in [0.5, 0.6) is 0 Å². The fourth-order valence-electron chi connectivity index (χ4n) is 2.95. The minimum absolute atomic E-state index is 0.107. The zero-order valence-electron chi connectivity index (χ0n) is 15.4. The van der Waals surface area contributed by atoms with Gasteiger partial charge in [0.25, 0.3) is 5.91 Å². The van der Waals surface area contributed by atoms with Gasteiger partial charge in [-0.15, -0.1) is 0 Å². The number of carbonyl (C=O) groups excluding carboxylic acids is 1. The van der Waals surface area contributed by atoms with E-state index in [1.54, 1.807) is 24.3 Å². The second kappa shape index (κ2) is 9.53. The molecule has 6 heteroatoms. The molecule has 142 valence electrons. The minimum Gasteiger partial charge on any atom is -0.376 e. The van der Waals surface area contributed by atoms with Gasteiger partial charge >= 0.3 is 0 Å². The fourth-order valence-corrected chi connectivity index (χ4v) is 3.08. The molecular formula is C21H24ClN3O2. The van der Waals surface area contributed by atoms with Crippen molar-refractivity contribution in [2.45, 2.75) is 32.3 Å². The summed E-state index contributed by atoms with van der Waals surface area (Å²) in [6.45, 7) is 3.38. The van der Waals surface area contributed by atoms with Crippen LogP contribution in [0.4, 0.5) is 5.69 Å². The molecular weight excluding hydrogens is 362 g/mol. The second-order valence-electron chi connectivity index (χ2n) is 6.42. The molecule has 1 aliphatic heterocycles. The standard InChI is InChI=1S/C21H24ClN3O2/c1-2-15-6-3-4-8-19(15)24-21(23-14-18-7-5-13-27-18)25-20(26)16-9-11-17(22)12-10-16/h3-4,6,8-12,18H,2,5,7,13-14H2,1H3,(H2,23,24,25,26)/t18-/m0/s1. The Morgan fingerprint density at radius 3 is 2.70 bits per heavy atom. The maximum atomic E-state index is 12.6. The minimum atomic E-state index is -0.237. The first-order chi connectivity index (χ1) is 13.2. The zero-order chi connectivity index (χ0) is 19.1. The highest BCUT2D eigenvalue weighted by Gasteiger charge is 2.16. The predicted octanol–water partition coefficient (Wildman–Crippen LogP) is 4.28. The first kappa shape index (κ1) is 19.4. The summed E-state index contributed by atoms with van der Waals surface area (Å²) in [5.41, 5.74) is 2.61. The highest BCUT2D eigenvalue weighted by molar-refractivity contribution is 6.30. The summed E-state index contributed by atoms with van der Waals surface area (Å²) in [6, 6.07) is 14.8. The number of rotatable bonds is 5. The summed E-state index contributed by atoms with van der Waals surface area (Å²) >= 11 is 5.90. The Labute approximate surface area is 164 Å². The number of carbonyl (C=O) groups is 1. The molecule has 0 radical (unpaired) electrons. The van der Waals surface area contributed by atoms with Crippen LogP contribution in [0.25, 0.3) is 0 Å². The van der Waals surface area contributed by atoms with Crippen LogP contribution in [0.3, 0.4) is 0 Å². The number of nitrogens with zero attached hydrogens (tertiary/aromatic N) is 1. The van der Waals surface area contributed by atoms with Gasteiger partial charge in [-0.2, -0.15) is 0 Å². The third-order valence-corrected chi connectivity index (χ3v) is 4.72. The van der Waals surface area contributed by atoms with Crippen LogP contribution in [-0.4, -0.2) is 31.1 Å². The van der Waals surface area contributed by atoms with E-state index in [9.17, 15) is 4.79 Å². The van der Waals surface area contributed by atoms with Crippen molar-refractivity contribution in [3.63, 3.8) is 0 Å². The molecule has 0 unspecified atom stereocenters. The number of ether oxygens (including phenoxy) is 1. The molecule has 1 amide bonds. The Kier molecular flexibility index (Phi) is 6.85. The molecule has 1 atom stereocenters. The average Bonchev–Trinajstić information content (AvgIpc) is 3.20. The largest absolute Gasteiger partial charge is 0.376 e. The summed E-state index contributed by atoms with van der Waals surface area (Å²) in [5.74, 6) is 0.186. The van der Waals surface area contributed by atoms with E-state index in [4.69, 9.17) is 16.3 Å². The van der Waals surface area contributed by atoms with Crippen LogP contribution in [0.2, 0.25) is 5.02 Å². The van der Waals surface area contributed by atoms with Gasteiger partial charge in [0, 0.05) is 22.9 Å². The van der Waals surface area contributed by atoms with Crippen molar-refractivity contribution in [2.24, 2.45) is 4.99 Å². The van der Waals surface area contributed by atoms with Crippen molar-refractivity contribution in [1.82, 2.24) is 5.32 Å². The molecule has 27 heavy (non-hydrogen) atoms. The molecule has 1 fully saturated rings. The van der Waals surface area contributed by atoms with Crippen LogP contribution < -0.4 is 10.6 Å². The third kappa shape index (κ3) is 5.55. The average molecular weight is 386 g/mol. The topological polar surface area (TPSA) is 62.7 Å². The Morgan fingerprint density at radius 1 is 1.22 bits per heavy atom. The monoisotopic (exact) mass is 385 g/mol. The van der Waals surface area contributed by atoms with E-state index in [2.05, 4.69) is 28.6 Å². The zero-order valence-corrected chi connectivity index (χ0v) is 16.1. The van der Waals surface area contributed by atoms with Crippen LogP contribution in [0.15, 0.2) is 53.5 Å². The molecule has 2 aromatic carbocycles. The van der Waals surface area contributed by atoms with Crippen molar-refractivity contribution in [3.05, 3.63) is 64.7 Å².